The first-order valence-corrected chi connectivity index (χ1v) is 7.29. The third kappa shape index (κ3) is 2.76. The lowest BCUT2D eigenvalue weighted by Gasteiger charge is -2.09. The minimum Gasteiger partial charge on any atom is -0.461 e. The van der Waals surface area contributed by atoms with Gasteiger partial charge in [-0.2, -0.15) is 0 Å². The monoisotopic (exact) mass is 283 g/mol. The smallest absolute Gasteiger partial charge is 0.356 e. The van der Waals surface area contributed by atoms with Gasteiger partial charge in [-0.1, -0.05) is 23.4 Å². The lowest BCUT2D eigenvalue weighted by molar-refractivity contribution is -0.135. The van der Waals surface area contributed by atoms with Crippen LogP contribution in [-0.4, -0.2) is 32.1 Å². The van der Waals surface area contributed by atoms with Crippen molar-refractivity contribution >= 4 is 21.5 Å². The van der Waals surface area contributed by atoms with Crippen LogP contribution in [0.3, 0.4) is 0 Å². The first-order valence-electron chi connectivity index (χ1n) is 5.74. The zero-order valence-corrected chi connectivity index (χ0v) is 11.1. The second-order valence-electron chi connectivity index (χ2n) is 3.86. The van der Waals surface area contributed by atoms with Gasteiger partial charge >= 0.3 is 5.97 Å². The van der Waals surface area contributed by atoms with Crippen molar-refractivity contribution in [2.75, 3.05) is 6.61 Å². The molecule has 0 bridgehead atoms. The Morgan fingerprint density at radius 3 is 2.74 bits per heavy atom. The first-order chi connectivity index (χ1) is 9.05. The average Bonchev–Trinajstić information content (AvgIpc) is 2.90. The predicted molar refractivity (Wildman–Crippen MR) is 67.2 cm³/mol. The highest BCUT2D eigenvalue weighted by Crippen LogP contribution is 2.23. The molecular formula is C12H13NO5S. The summed E-state index contributed by atoms with van der Waals surface area (Å²) in [5.41, 5.74) is -1.18. The molecule has 2 rings (SSSR count). The van der Waals surface area contributed by atoms with Crippen LogP contribution in [0.2, 0.25) is 0 Å². The van der Waals surface area contributed by atoms with E-state index in [-0.39, 0.29) is 23.6 Å². The van der Waals surface area contributed by atoms with Crippen LogP contribution >= 0.6 is 0 Å². The van der Waals surface area contributed by atoms with Crippen molar-refractivity contribution in [3.8, 4) is 0 Å². The van der Waals surface area contributed by atoms with Crippen LogP contribution in [0.25, 0.3) is 0 Å². The Kier molecular flexibility index (Phi) is 3.84. The van der Waals surface area contributed by atoms with E-state index >= 15 is 0 Å². The van der Waals surface area contributed by atoms with Gasteiger partial charge in [0.2, 0.25) is 15.3 Å². The van der Waals surface area contributed by atoms with Crippen LogP contribution in [0.1, 0.15) is 13.3 Å². The largest absolute Gasteiger partial charge is 0.461 e. The second kappa shape index (κ2) is 5.40. The fourth-order valence-corrected chi connectivity index (χ4v) is 2.99. The van der Waals surface area contributed by atoms with Crippen molar-refractivity contribution in [1.82, 2.24) is 0 Å². The molecule has 0 aromatic heterocycles. The molecule has 1 unspecified atom stereocenters. The Hall–Kier alpha value is -1.89. The van der Waals surface area contributed by atoms with E-state index in [0.29, 0.717) is 0 Å². The van der Waals surface area contributed by atoms with Gasteiger partial charge in [0.1, 0.15) is 0 Å². The summed E-state index contributed by atoms with van der Waals surface area (Å²) in [6.45, 7) is 1.86. The van der Waals surface area contributed by atoms with Crippen molar-refractivity contribution in [3.63, 3.8) is 0 Å². The molecule has 102 valence electrons. The Balaban J connectivity index is 2.13. The summed E-state index contributed by atoms with van der Waals surface area (Å²) in [5.74, 6) is -0.645. The fraction of sp³-hybridized carbons (Fsp3) is 0.333. The van der Waals surface area contributed by atoms with Crippen LogP contribution in [0.4, 0.5) is 0 Å². The van der Waals surface area contributed by atoms with Gasteiger partial charge in [-0.25, -0.2) is 13.2 Å². The van der Waals surface area contributed by atoms with Crippen molar-refractivity contribution in [1.29, 1.82) is 0 Å². The van der Waals surface area contributed by atoms with E-state index in [1.165, 1.54) is 12.1 Å². The minimum atomic E-state index is -3.66. The summed E-state index contributed by atoms with van der Waals surface area (Å²) in [7, 11) is -3.66. The van der Waals surface area contributed by atoms with Gasteiger partial charge in [0.25, 0.3) is 0 Å². The Labute approximate surface area is 110 Å². The number of esters is 1. The van der Waals surface area contributed by atoms with Crippen LogP contribution in [-0.2, 0) is 24.2 Å². The highest BCUT2D eigenvalue weighted by atomic mass is 32.2. The van der Waals surface area contributed by atoms with Crippen molar-refractivity contribution in [2.24, 2.45) is 5.16 Å². The van der Waals surface area contributed by atoms with E-state index in [0.717, 1.165) is 0 Å². The summed E-state index contributed by atoms with van der Waals surface area (Å²) in [6.07, 6.45) is -0.101. The minimum absolute atomic E-state index is 0.00800. The number of hydrogen-bond donors (Lipinski definition) is 0. The standard InChI is InChI=1S/C12H13NO5S/c1-2-17-12(14)10-8-11(18-13-10)19(15,16)9-6-4-3-5-7-9/h3-7,11H,2,8H2,1H3. The van der Waals surface area contributed by atoms with E-state index in [1.807, 2.05) is 0 Å². The lowest BCUT2D eigenvalue weighted by Crippen LogP contribution is -2.24. The Bertz CT molecular complexity index is 594. The maximum atomic E-state index is 12.2. The van der Waals surface area contributed by atoms with Crippen LogP contribution in [0.15, 0.2) is 40.4 Å². The Morgan fingerprint density at radius 1 is 1.42 bits per heavy atom. The summed E-state index contributed by atoms with van der Waals surface area (Å²) >= 11 is 0. The molecule has 1 aromatic rings. The van der Waals surface area contributed by atoms with Gasteiger partial charge in [-0.15, -0.1) is 0 Å². The predicted octanol–water partition coefficient (Wildman–Crippen LogP) is 1.13. The van der Waals surface area contributed by atoms with Gasteiger partial charge in [0.15, 0.2) is 5.71 Å². The molecule has 1 aliphatic rings. The second-order valence-corrected chi connectivity index (χ2v) is 5.94. The molecule has 0 radical (unpaired) electrons. The Morgan fingerprint density at radius 2 is 2.11 bits per heavy atom. The molecule has 0 amide bonds. The van der Waals surface area contributed by atoms with E-state index in [4.69, 9.17) is 9.57 Å². The third-order valence-corrected chi connectivity index (χ3v) is 4.44. The number of sulfone groups is 1. The molecule has 1 aromatic carbocycles. The topological polar surface area (TPSA) is 82.0 Å². The highest BCUT2D eigenvalue weighted by Gasteiger charge is 2.37. The fourth-order valence-electron chi connectivity index (χ4n) is 1.62. The molecule has 1 aliphatic heterocycles. The SMILES string of the molecule is CCOC(=O)C1=NOC(S(=O)(=O)c2ccccc2)C1. The summed E-state index contributed by atoms with van der Waals surface area (Å²) in [6, 6.07) is 7.90. The van der Waals surface area contributed by atoms with E-state index < -0.39 is 21.2 Å². The number of nitrogens with zero attached hydrogens (tertiary/aromatic N) is 1. The maximum Gasteiger partial charge on any atom is 0.356 e. The summed E-state index contributed by atoms with van der Waals surface area (Å²) in [4.78, 5) is 16.4. The number of oxime groups is 1. The molecule has 0 N–H and O–H groups in total. The maximum absolute atomic E-state index is 12.2. The van der Waals surface area contributed by atoms with Crippen LogP contribution < -0.4 is 0 Å². The quantitative estimate of drug-likeness (QED) is 0.773. The number of benzene rings is 1. The van der Waals surface area contributed by atoms with Gasteiger partial charge in [-0.3, -0.25) is 0 Å². The van der Waals surface area contributed by atoms with Crippen molar-refractivity contribution in [3.05, 3.63) is 30.3 Å². The molecule has 19 heavy (non-hydrogen) atoms. The van der Waals surface area contributed by atoms with E-state index in [1.54, 1.807) is 25.1 Å². The molecule has 1 heterocycles. The summed E-state index contributed by atoms with van der Waals surface area (Å²) in [5, 5.41) is 3.49. The van der Waals surface area contributed by atoms with E-state index in [2.05, 4.69) is 5.16 Å². The zero-order chi connectivity index (χ0) is 13.9. The number of rotatable bonds is 4. The number of carbonyl (C=O) groups is 1. The number of carbonyl (C=O) groups excluding carboxylic acids is 1. The molecule has 0 aliphatic carbocycles. The van der Waals surface area contributed by atoms with Gasteiger partial charge in [0.05, 0.1) is 17.9 Å². The molecule has 0 saturated heterocycles. The zero-order valence-electron chi connectivity index (χ0n) is 10.3. The van der Waals surface area contributed by atoms with Crippen LogP contribution in [0, 0.1) is 0 Å². The molecular weight excluding hydrogens is 270 g/mol. The first kappa shape index (κ1) is 13.5. The normalized spacial score (nSPS) is 18.6. The average molecular weight is 283 g/mol. The van der Waals surface area contributed by atoms with Crippen LogP contribution in [0.5, 0.6) is 0 Å². The number of hydrogen-bond acceptors (Lipinski definition) is 6. The summed E-state index contributed by atoms with van der Waals surface area (Å²) < 4.78 is 29.2. The molecule has 0 fully saturated rings. The van der Waals surface area contributed by atoms with E-state index in [9.17, 15) is 13.2 Å². The third-order valence-electron chi connectivity index (χ3n) is 2.57. The molecule has 0 spiro atoms. The lowest BCUT2D eigenvalue weighted by atomic mass is 10.3. The number of ether oxygens (including phenoxy) is 1. The molecule has 6 nitrogen and oxygen atoms in total. The molecule has 7 heteroatoms. The highest BCUT2D eigenvalue weighted by molar-refractivity contribution is 7.92. The molecule has 1 atom stereocenters. The van der Waals surface area contributed by atoms with Crippen molar-refractivity contribution in [2.45, 2.75) is 23.7 Å². The van der Waals surface area contributed by atoms with Gasteiger partial charge in [-0.05, 0) is 19.1 Å². The molecule has 0 saturated carbocycles. The van der Waals surface area contributed by atoms with Crippen molar-refractivity contribution < 1.29 is 22.8 Å². The van der Waals surface area contributed by atoms with Gasteiger partial charge < -0.3 is 9.57 Å². The van der Waals surface area contributed by atoms with Gasteiger partial charge in [0, 0.05) is 0 Å².